The molecule has 0 aliphatic carbocycles. The second-order valence-electron chi connectivity index (χ2n) is 3.76. The lowest BCUT2D eigenvalue weighted by atomic mass is 10.0. The zero-order valence-corrected chi connectivity index (χ0v) is 9.77. The molecular formula is C14H16N2. The predicted molar refractivity (Wildman–Crippen MR) is 66.2 cm³/mol. The van der Waals surface area contributed by atoms with Crippen molar-refractivity contribution in [1.29, 1.82) is 0 Å². The van der Waals surface area contributed by atoms with Crippen molar-refractivity contribution in [3.05, 3.63) is 47.8 Å². The first-order valence-electron chi connectivity index (χ1n) is 5.74. The number of aryl methyl sites for hydroxylation is 2. The van der Waals surface area contributed by atoms with Crippen molar-refractivity contribution in [2.75, 3.05) is 0 Å². The monoisotopic (exact) mass is 212 g/mol. The Kier molecular flexibility index (Phi) is 3.30. The second-order valence-corrected chi connectivity index (χ2v) is 3.76. The van der Waals surface area contributed by atoms with Crippen LogP contribution in [-0.4, -0.2) is 9.97 Å². The molecule has 0 aliphatic rings. The largest absolute Gasteiger partial charge is 0.255 e. The summed E-state index contributed by atoms with van der Waals surface area (Å²) in [5.41, 5.74) is 4.62. The van der Waals surface area contributed by atoms with E-state index in [1.54, 1.807) is 6.20 Å². The van der Waals surface area contributed by atoms with Crippen LogP contribution in [0.25, 0.3) is 11.4 Å². The third kappa shape index (κ3) is 2.11. The Morgan fingerprint density at radius 3 is 2.38 bits per heavy atom. The summed E-state index contributed by atoms with van der Waals surface area (Å²) in [5, 5.41) is 0. The number of hydrogen-bond donors (Lipinski definition) is 0. The van der Waals surface area contributed by atoms with E-state index in [0.717, 1.165) is 24.2 Å². The molecule has 2 aromatic rings. The van der Waals surface area contributed by atoms with Gasteiger partial charge in [-0.25, -0.2) is 0 Å². The standard InChI is InChI=1S/C14H16N2/c1-3-11-9-14(16-10-12(11)4-2)13-7-5-6-8-15-13/h5-10H,3-4H2,1-2H3. The first-order chi connectivity index (χ1) is 7.85. The van der Waals surface area contributed by atoms with Crippen LogP contribution >= 0.6 is 0 Å². The predicted octanol–water partition coefficient (Wildman–Crippen LogP) is 3.27. The minimum absolute atomic E-state index is 0.944. The third-order valence-electron chi connectivity index (χ3n) is 2.77. The molecule has 16 heavy (non-hydrogen) atoms. The fourth-order valence-corrected chi connectivity index (χ4v) is 1.83. The van der Waals surface area contributed by atoms with Crippen molar-refractivity contribution in [2.24, 2.45) is 0 Å². The molecule has 0 bridgehead atoms. The van der Waals surface area contributed by atoms with E-state index in [1.807, 2.05) is 24.4 Å². The van der Waals surface area contributed by atoms with Gasteiger partial charge in [-0.3, -0.25) is 9.97 Å². The Morgan fingerprint density at radius 1 is 0.938 bits per heavy atom. The van der Waals surface area contributed by atoms with Gasteiger partial charge in [0.1, 0.15) is 0 Å². The molecule has 0 atom stereocenters. The van der Waals surface area contributed by atoms with E-state index in [4.69, 9.17) is 0 Å². The summed E-state index contributed by atoms with van der Waals surface area (Å²) in [6, 6.07) is 8.06. The van der Waals surface area contributed by atoms with E-state index < -0.39 is 0 Å². The Hall–Kier alpha value is -1.70. The van der Waals surface area contributed by atoms with Gasteiger partial charge in [-0.1, -0.05) is 19.9 Å². The molecule has 0 aliphatic heterocycles. The van der Waals surface area contributed by atoms with Crippen LogP contribution in [0.2, 0.25) is 0 Å². The van der Waals surface area contributed by atoms with Gasteiger partial charge in [-0.2, -0.15) is 0 Å². The van der Waals surface area contributed by atoms with Crippen LogP contribution in [0.4, 0.5) is 0 Å². The maximum absolute atomic E-state index is 4.47. The number of pyridine rings is 2. The van der Waals surface area contributed by atoms with Crippen LogP contribution in [0.5, 0.6) is 0 Å². The van der Waals surface area contributed by atoms with E-state index >= 15 is 0 Å². The highest BCUT2D eigenvalue weighted by Gasteiger charge is 2.04. The smallest absolute Gasteiger partial charge is 0.0889 e. The van der Waals surface area contributed by atoms with Crippen molar-refractivity contribution in [3.8, 4) is 11.4 Å². The van der Waals surface area contributed by atoms with Gasteiger partial charge in [0.2, 0.25) is 0 Å². The molecule has 0 saturated carbocycles. The van der Waals surface area contributed by atoms with Crippen molar-refractivity contribution in [3.63, 3.8) is 0 Å². The highest BCUT2D eigenvalue weighted by atomic mass is 14.8. The third-order valence-corrected chi connectivity index (χ3v) is 2.77. The molecule has 82 valence electrons. The van der Waals surface area contributed by atoms with Gasteiger partial charge in [-0.05, 0) is 42.2 Å². The molecule has 2 aromatic heterocycles. The normalized spacial score (nSPS) is 10.4. The van der Waals surface area contributed by atoms with Crippen molar-refractivity contribution >= 4 is 0 Å². The molecule has 2 heterocycles. The van der Waals surface area contributed by atoms with Gasteiger partial charge >= 0.3 is 0 Å². The Bertz CT molecular complexity index is 463. The summed E-state index contributed by atoms with van der Waals surface area (Å²) in [6.07, 6.45) is 5.86. The molecule has 2 nitrogen and oxygen atoms in total. The molecule has 0 amide bonds. The zero-order valence-electron chi connectivity index (χ0n) is 9.77. The average molecular weight is 212 g/mol. The van der Waals surface area contributed by atoms with Crippen molar-refractivity contribution < 1.29 is 0 Å². The van der Waals surface area contributed by atoms with E-state index in [1.165, 1.54) is 11.1 Å². The van der Waals surface area contributed by atoms with Crippen LogP contribution in [0.3, 0.4) is 0 Å². The van der Waals surface area contributed by atoms with E-state index in [0.29, 0.717) is 0 Å². The summed E-state index contributed by atoms with van der Waals surface area (Å²) in [7, 11) is 0. The van der Waals surface area contributed by atoms with Crippen LogP contribution in [0.1, 0.15) is 25.0 Å². The van der Waals surface area contributed by atoms with Crippen molar-refractivity contribution in [1.82, 2.24) is 9.97 Å². The summed E-state index contributed by atoms with van der Waals surface area (Å²) in [5.74, 6) is 0. The molecule has 0 spiro atoms. The first kappa shape index (κ1) is 10.8. The zero-order chi connectivity index (χ0) is 11.4. The maximum Gasteiger partial charge on any atom is 0.0889 e. The Balaban J connectivity index is 2.44. The van der Waals surface area contributed by atoms with Gasteiger partial charge in [0, 0.05) is 12.4 Å². The van der Waals surface area contributed by atoms with Gasteiger partial charge in [0.15, 0.2) is 0 Å². The molecule has 0 saturated heterocycles. The first-order valence-corrected chi connectivity index (χ1v) is 5.74. The fraction of sp³-hybridized carbons (Fsp3) is 0.286. The quantitative estimate of drug-likeness (QED) is 0.780. The fourth-order valence-electron chi connectivity index (χ4n) is 1.83. The minimum atomic E-state index is 0.944. The highest BCUT2D eigenvalue weighted by Crippen LogP contribution is 2.18. The minimum Gasteiger partial charge on any atom is -0.255 e. The van der Waals surface area contributed by atoms with Gasteiger partial charge < -0.3 is 0 Å². The number of nitrogens with zero attached hydrogens (tertiary/aromatic N) is 2. The number of hydrogen-bond acceptors (Lipinski definition) is 2. The summed E-state index contributed by atoms with van der Waals surface area (Å²) < 4.78 is 0. The lowest BCUT2D eigenvalue weighted by Gasteiger charge is -2.07. The number of rotatable bonds is 3. The van der Waals surface area contributed by atoms with Gasteiger partial charge in [0.05, 0.1) is 11.4 Å². The molecule has 2 rings (SSSR count). The SMILES string of the molecule is CCc1cnc(-c2ccccn2)cc1CC. The molecule has 0 radical (unpaired) electrons. The second kappa shape index (κ2) is 4.88. The molecule has 0 fully saturated rings. The van der Waals surface area contributed by atoms with E-state index in [9.17, 15) is 0 Å². The Morgan fingerprint density at radius 2 is 1.75 bits per heavy atom. The van der Waals surface area contributed by atoms with Crippen LogP contribution < -0.4 is 0 Å². The van der Waals surface area contributed by atoms with Crippen LogP contribution in [0, 0.1) is 0 Å². The van der Waals surface area contributed by atoms with E-state index in [2.05, 4.69) is 29.9 Å². The van der Waals surface area contributed by atoms with Gasteiger partial charge in [0.25, 0.3) is 0 Å². The number of aromatic nitrogens is 2. The average Bonchev–Trinajstić information content (AvgIpc) is 2.39. The summed E-state index contributed by atoms with van der Waals surface area (Å²) in [6.45, 7) is 4.34. The molecule has 0 N–H and O–H groups in total. The van der Waals surface area contributed by atoms with Gasteiger partial charge in [-0.15, -0.1) is 0 Å². The van der Waals surface area contributed by atoms with Crippen LogP contribution in [-0.2, 0) is 12.8 Å². The highest BCUT2D eigenvalue weighted by molar-refractivity contribution is 5.55. The lowest BCUT2D eigenvalue weighted by Crippen LogP contribution is -1.95. The molecular weight excluding hydrogens is 196 g/mol. The maximum atomic E-state index is 4.47. The van der Waals surface area contributed by atoms with Crippen molar-refractivity contribution in [2.45, 2.75) is 26.7 Å². The summed E-state index contributed by atoms with van der Waals surface area (Å²) in [4.78, 5) is 8.78. The van der Waals surface area contributed by atoms with Crippen LogP contribution in [0.15, 0.2) is 36.7 Å². The lowest BCUT2D eigenvalue weighted by molar-refractivity contribution is 1.01. The Labute approximate surface area is 96.4 Å². The topological polar surface area (TPSA) is 25.8 Å². The van der Waals surface area contributed by atoms with E-state index in [-0.39, 0.29) is 0 Å². The molecule has 0 unspecified atom stereocenters. The molecule has 0 aromatic carbocycles. The summed E-state index contributed by atoms with van der Waals surface area (Å²) >= 11 is 0. The molecule has 2 heteroatoms.